The second-order valence-corrected chi connectivity index (χ2v) is 5.83. The number of aromatic nitrogens is 2. The minimum absolute atomic E-state index is 0.509. The van der Waals surface area contributed by atoms with Crippen LogP contribution >= 0.6 is 11.3 Å². The van der Waals surface area contributed by atoms with E-state index in [4.69, 9.17) is 0 Å². The van der Waals surface area contributed by atoms with Gasteiger partial charge in [0.05, 0.1) is 18.2 Å². The lowest BCUT2D eigenvalue weighted by Gasteiger charge is -2.30. The summed E-state index contributed by atoms with van der Waals surface area (Å²) < 4.78 is 2.33. The largest absolute Gasteiger partial charge is 0.327 e. The van der Waals surface area contributed by atoms with E-state index >= 15 is 0 Å². The lowest BCUT2D eigenvalue weighted by molar-refractivity contribution is 0.281. The predicted molar refractivity (Wildman–Crippen MR) is 75.8 cm³/mol. The molecule has 96 valence electrons. The molecule has 3 nitrogen and oxygen atoms in total. The van der Waals surface area contributed by atoms with E-state index in [-0.39, 0.29) is 0 Å². The van der Waals surface area contributed by atoms with Crippen LogP contribution in [0.2, 0.25) is 0 Å². The summed E-state index contributed by atoms with van der Waals surface area (Å²) in [5.74, 6) is 0.713. The fourth-order valence-electron chi connectivity index (χ4n) is 2.78. The van der Waals surface area contributed by atoms with Crippen molar-refractivity contribution in [3.63, 3.8) is 0 Å². The van der Waals surface area contributed by atoms with Crippen LogP contribution in [0.1, 0.15) is 25.8 Å². The van der Waals surface area contributed by atoms with Gasteiger partial charge in [-0.2, -0.15) is 11.3 Å². The van der Waals surface area contributed by atoms with Gasteiger partial charge >= 0.3 is 0 Å². The van der Waals surface area contributed by atoms with Gasteiger partial charge in [0, 0.05) is 17.0 Å². The highest BCUT2D eigenvalue weighted by atomic mass is 32.1. The molecule has 0 amide bonds. The van der Waals surface area contributed by atoms with Crippen LogP contribution in [-0.2, 0) is 0 Å². The maximum absolute atomic E-state index is 4.34. The zero-order valence-electron chi connectivity index (χ0n) is 10.7. The highest BCUT2D eigenvalue weighted by Gasteiger charge is 2.22. The predicted octanol–water partition coefficient (Wildman–Crippen LogP) is 3.17. The third-order valence-corrected chi connectivity index (χ3v) is 4.62. The van der Waals surface area contributed by atoms with Gasteiger partial charge in [-0.15, -0.1) is 0 Å². The monoisotopic (exact) mass is 261 g/mol. The summed E-state index contributed by atoms with van der Waals surface area (Å²) in [4.78, 5) is 4.34. The van der Waals surface area contributed by atoms with Gasteiger partial charge in [0.1, 0.15) is 0 Å². The van der Waals surface area contributed by atoms with Crippen LogP contribution in [0.25, 0.3) is 11.3 Å². The van der Waals surface area contributed by atoms with Crippen LogP contribution in [0.3, 0.4) is 0 Å². The van der Waals surface area contributed by atoms with E-state index in [9.17, 15) is 0 Å². The van der Waals surface area contributed by atoms with Gasteiger partial charge in [0.25, 0.3) is 0 Å². The third kappa shape index (κ3) is 2.22. The molecule has 2 aromatic heterocycles. The molecule has 0 aliphatic carbocycles. The van der Waals surface area contributed by atoms with E-state index in [2.05, 4.69) is 38.6 Å². The summed E-state index contributed by atoms with van der Waals surface area (Å²) in [5.41, 5.74) is 2.53. The molecular formula is C14H19N3S. The van der Waals surface area contributed by atoms with Gasteiger partial charge in [0.2, 0.25) is 0 Å². The summed E-state index contributed by atoms with van der Waals surface area (Å²) >= 11 is 1.74. The van der Waals surface area contributed by atoms with Gasteiger partial charge < -0.3 is 9.88 Å². The summed E-state index contributed by atoms with van der Waals surface area (Å²) in [6.07, 6.45) is 6.56. The first kappa shape index (κ1) is 11.9. The molecule has 3 heterocycles. The molecule has 2 aromatic rings. The molecular weight excluding hydrogens is 242 g/mol. The lowest BCUT2D eigenvalue weighted by Crippen LogP contribution is -2.34. The Balaban J connectivity index is 1.85. The number of rotatable bonds is 3. The Morgan fingerprint density at radius 3 is 3.22 bits per heavy atom. The van der Waals surface area contributed by atoms with E-state index in [0.29, 0.717) is 12.0 Å². The molecule has 2 atom stereocenters. The van der Waals surface area contributed by atoms with E-state index in [1.54, 1.807) is 11.3 Å². The van der Waals surface area contributed by atoms with E-state index in [1.165, 1.54) is 30.6 Å². The Labute approximate surface area is 112 Å². The maximum Gasteiger partial charge on any atom is 0.0953 e. The van der Waals surface area contributed by atoms with E-state index in [1.807, 2.05) is 12.5 Å². The smallest absolute Gasteiger partial charge is 0.0953 e. The Morgan fingerprint density at radius 1 is 1.56 bits per heavy atom. The van der Waals surface area contributed by atoms with Gasteiger partial charge in [-0.25, -0.2) is 4.98 Å². The molecule has 0 bridgehead atoms. The number of hydrogen-bond acceptors (Lipinski definition) is 3. The SMILES string of the molecule is CC(C1CCCNC1)n1cncc1-c1ccsc1. The normalized spacial score (nSPS) is 21.9. The second-order valence-electron chi connectivity index (χ2n) is 5.05. The second kappa shape index (κ2) is 5.24. The van der Waals surface area contributed by atoms with Crippen LogP contribution in [-0.4, -0.2) is 22.6 Å². The number of hydrogen-bond donors (Lipinski definition) is 1. The first-order valence-corrected chi connectivity index (χ1v) is 7.55. The molecule has 4 heteroatoms. The average Bonchev–Trinajstić information content (AvgIpc) is 3.09. The lowest BCUT2D eigenvalue weighted by atomic mass is 9.92. The van der Waals surface area contributed by atoms with Crippen molar-refractivity contribution >= 4 is 11.3 Å². The molecule has 1 aliphatic rings. The van der Waals surface area contributed by atoms with Crippen LogP contribution in [0, 0.1) is 5.92 Å². The Kier molecular flexibility index (Phi) is 3.48. The number of nitrogens with one attached hydrogen (secondary N) is 1. The summed E-state index contributed by atoms with van der Waals surface area (Å²) in [6, 6.07) is 2.68. The Bertz CT molecular complexity index is 483. The first-order valence-electron chi connectivity index (χ1n) is 6.61. The van der Waals surface area contributed by atoms with Crippen LogP contribution < -0.4 is 5.32 Å². The Hall–Kier alpha value is -1.13. The van der Waals surface area contributed by atoms with Gasteiger partial charge in [-0.3, -0.25) is 0 Å². The average molecular weight is 261 g/mol. The van der Waals surface area contributed by atoms with Crippen molar-refractivity contribution in [1.29, 1.82) is 0 Å². The summed E-state index contributed by atoms with van der Waals surface area (Å²) in [5, 5.41) is 7.82. The topological polar surface area (TPSA) is 29.9 Å². The molecule has 1 aliphatic heterocycles. The number of piperidine rings is 1. The van der Waals surface area contributed by atoms with Crippen molar-refractivity contribution in [3.8, 4) is 11.3 Å². The molecule has 3 rings (SSSR count). The van der Waals surface area contributed by atoms with Crippen molar-refractivity contribution in [2.45, 2.75) is 25.8 Å². The molecule has 1 N–H and O–H groups in total. The van der Waals surface area contributed by atoms with Crippen LogP contribution in [0.5, 0.6) is 0 Å². The standard InChI is InChI=1S/C14H19N3S/c1-11(12-3-2-5-15-7-12)17-10-16-8-14(17)13-4-6-18-9-13/h4,6,8-12,15H,2-3,5,7H2,1H3. The quantitative estimate of drug-likeness (QED) is 0.919. The highest BCUT2D eigenvalue weighted by Crippen LogP contribution is 2.30. The molecule has 1 fully saturated rings. The maximum atomic E-state index is 4.34. The van der Waals surface area contributed by atoms with Crippen LogP contribution in [0.15, 0.2) is 29.4 Å². The van der Waals surface area contributed by atoms with Crippen molar-refractivity contribution in [2.75, 3.05) is 13.1 Å². The van der Waals surface area contributed by atoms with Gasteiger partial charge in [-0.05, 0) is 50.2 Å². The van der Waals surface area contributed by atoms with Crippen molar-refractivity contribution in [1.82, 2.24) is 14.9 Å². The third-order valence-electron chi connectivity index (χ3n) is 3.94. The summed E-state index contributed by atoms with van der Waals surface area (Å²) in [7, 11) is 0. The molecule has 0 aromatic carbocycles. The minimum Gasteiger partial charge on any atom is -0.327 e. The number of thiophene rings is 1. The van der Waals surface area contributed by atoms with Gasteiger partial charge in [0.15, 0.2) is 0 Å². The van der Waals surface area contributed by atoms with Crippen LogP contribution in [0.4, 0.5) is 0 Å². The molecule has 0 spiro atoms. The number of nitrogens with zero attached hydrogens (tertiary/aromatic N) is 2. The zero-order valence-corrected chi connectivity index (χ0v) is 11.5. The van der Waals surface area contributed by atoms with Crippen molar-refractivity contribution in [3.05, 3.63) is 29.4 Å². The first-order chi connectivity index (χ1) is 8.86. The molecule has 0 saturated carbocycles. The minimum atomic E-state index is 0.509. The number of imidazole rings is 1. The van der Waals surface area contributed by atoms with E-state index in [0.717, 1.165) is 6.54 Å². The Morgan fingerprint density at radius 2 is 2.50 bits per heavy atom. The van der Waals surface area contributed by atoms with Crippen molar-refractivity contribution < 1.29 is 0 Å². The van der Waals surface area contributed by atoms with Gasteiger partial charge in [-0.1, -0.05) is 0 Å². The fraction of sp³-hybridized carbons (Fsp3) is 0.500. The highest BCUT2D eigenvalue weighted by molar-refractivity contribution is 7.08. The molecule has 1 saturated heterocycles. The van der Waals surface area contributed by atoms with E-state index < -0.39 is 0 Å². The van der Waals surface area contributed by atoms with Crippen molar-refractivity contribution in [2.24, 2.45) is 5.92 Å². The molecule has 18 heavy (non-hydrogen) atoms. The molecule has 2 unspecified atom stereocenters. The summed E-state index contributed by atoms with van der Waals surface area (Å²) in [6.45, 7) is 4.61. The fourth-order valence-corrected chi connectivity index (χ4v) is 3.43. The zero-order chi connectivity index (χ0) is 12.4. The molecule has 0 radical (unpaired) electrons.